The molecule has 6 nitrogen and oxygen atoms in total. The molecule has 1 aromatic heterocycles. The molecule has 0 bridgehead atoms. The molecule has 0 spiro atoms. The van der Waals surface area contributed by atoms with Crippen LogP contribution < -0.4 is 9.47 Å². The van der Waals surface area contributed by atoms with Gasteiger partial charge >= 0.3 is 0 Å². The molecule has 1 fully saturated rings. The zero-order chi connectivity index (χ0) is 22.5. The van der Waals surface area contributed by atoms with Crippen LogP contribution in [0.25, 0.3) is 0 Å². The van der Waals surface area contributed by atoms with Crippen molar-refractivity contribution in [3.63, 3.8) is 0 Å². The number of hydrogen-bond acceptors (Lipinski definition) is 5. The lowest BCUT2D eigenvalue weighted by molar-refractivity contribution is 0.0594. The van der Waals surface area contributed by atoms with E-state index in [1.807, 2.05) is 23.1 Å². The molecule has 4 rings (SSSR count). The molecule has 0 saturated carbocycles. The smallest absolute Gasteiger partial charge is 0.289 e. The van der Waals surface area contributed by atoms with Gasteiger partial charge in [-0.15, -0.1) is 0 Å². The summed E-state index contributed by atoms with van der Waals surface area (Å²) in [5.74, 6) is 2.12. The van der Waals surface area contributed by atoms with Gasteiger partial charge in [0.25, 0.3) is 5.91 Å². The summed E-state index contributed by atoms with van der Waals surface area (Å²) in [5.41, 5.74) is 1.19. The zero-order valence-electron chi connectivity index (χ0n) is 17.7. The minimum Gasteiger partial charge on any atom is -0.497 e. The number of piperazine rings is 1. The number of carbonyl (C=O) groups excluding carboxylic acids is 1. The Balaban J connectivity index is 1.28. The van der Waals surface area contributed by atoms with E-state index in [4.69, 9.17) is 37.1 Å². The summed E-state index contributed by atoms with van der Waals surface area (Å²) in [6.07, 6.45) is 0. The number of benzene rings is 2. The molecule has 0 atom stereocenters. The van der Waals surface area contributed by atoms with Crippen molar-refractivity contribution >= 4 is 29.1 Å². The van der Waals surface area contributed by atoms with Crippen LogP contribution in [-0.2, 0) is 13.2 Å². The maximum atomic E-state index is 12.8. The Hall–Kier alpha value is -2.67. The SMILES string of the molecule is COc1cccc(CN2CCN(C(=O)c3ccc(COc4ccc(Cl)cc4Cl)o3)CC2)c1. The first-order valence-electron chi connectivity index (χ1n) is 10.3. The van der Waals surface area contributed by atoms with E-state index in [2.05, 4.69) is 11.0 Å². The third kappa shape index (κ3) is 5.57. The molecular formula is C24H24Cl2N2O4. The van der Waals surface area contributed by atoms with E-state index in [0.717, 1.165) is 25.4 Å². The lowest BCUT2D eigenvalue weighted by Gasteiger charge is -2.34. The van der Waals surface area contributed by atoms with Gasteiger partial charge in [0.1, 0.15) is 23.9 Å². The molecule has 0 N–H and O–H groups in total. The summed E-state index contributed by atoms with van der Waals surface area (Å²) < 4.78 is 16.7. The molecule has 0 aliphatic carbocycles. The lowest BCUT2D eigenvalue weighted by atomic mass is 10.2. The number of furan rings is 1. The van der Waals surface area contributed by atoms with Crippen LogP contribution in [0.5, 0.6) is 11.5 Å². The van der Waals surface area contributed by atoms with Gasteiger partial charge < -0.3 is 18.8 Å². The molecule has 168 valence electrons. The van der Waals surface area contributed by atoms with E-state index in [1.54, 1.807) is 37.4 Å². The molecule has 3 aromatic rings. The number of amides is 1. The van der Waals surface area contributed by atoms with Crippen molar-refractivity contribution < 1.29 is 18.7 Å². The van der Waals surface area contributed by atoms with Crippen LogP contribution in [-0.4, -0.2) is 49.0 Å². The average Bonchev–Trinajstić information content (AvgIpc) is 3.28. The van der Waals surface area contributed by atoms with E-state index in [0.29, 0.717) is 40.4 Å². The first kappa shape index (κ1) is 22.5. The van der Waals surface area contributed by atoms with Gasteiger partial charge in [-0.1, -0.05) is 35.3 Å². The molecule has 32 heavy (non-hydrogen) atoms. The second-order valence-corrected chi connectivity index (χ2v) is 8.39. The van der Waals surface area contributed by atoms with Crippen LogP contribution in [0.15, 0.2) is 59.0 Å². The van der Waals surface area contributed by atoms with Gasteiger partial charge in [-0.05, 0) is 48.0 Å². The van der Waals surface area contributed by atoms with E-state index in [9.17, 15) is 4.79 Å². The highest BCUT2D eigenvalue weighted by molar-refractivity contribution is 6.35. The van der Waals surface area contributed by atoms with Crippen LogP contribution in [0, 0.1) is 0 Å². The summed E-state index contributed by atoms with van der Waals surface area (Å²) in [6.45, 7) is 3.90. The molecule has 2 aromatic carbocycles. The monoisotopic (exact) mass is 474 g/mol. The minimum absolute atomic E-state index is 0.109. The summed E-state index contributed by atoms with van der Waals surface area (Å²) in [6, 6.07) is 16.5. The molecule has 1 aliphatic heterocycles. The van der Waals surface area contributed by atoms with Crippen LogP contribution in [0.1, 0.15) is 21.9 Å². The summed E-state index contributed by atoms with van der Waals surface area (Å²) in [7, 11) is 1.67. The second-order valence-electron chi connectivity index (χ2n) is 7.55. The van der Waals surface area contributed by atoms with Crippen molar-refractivity contribution in [3.05, 3.63) is 81.7 Å². The predicted molar refractivity (Wildman–Crippen MR) is 124 cm³/mol. The molecule has 8 heteroatoms. The zero-order valence-corrected chi connectivity index (χ0v) is 19.2. The van der Waals surface area contributed by atoms with Crippen molar-refractivity contribution in [2.45, 2.75) is 13.2 Å². The van der Waals surface area contributed by atoms with Gasteiger partial charge in [-0.2, -0.15) is 0 Å². The predicted octanol–water partition coefficient (Wildman–Crippen LogP) is 5.13. The van der Waals surface area contributed by atoms with Gasteiger partial charge in [0, 0.05) is 37.7 Å². The number of rotatable bonds is 7. The highest BCUT2D eigenvalue weighted by Crippen LogP contribution is 2.28. The topological polar surface area (TPSA) is 55.2 Å². The second kappa shape index (κ2) is 10.3. The molecule has 1 aliphatic rings. The maximum Gasteiger partial charge on any atom is 0.289 e. The van der Waals surface area contributed by atoms with Crippen molar-refractivity contribution in [2.75, 3.05) is 33.3 Å². The van der Waals surface area contributed by atoms with Crippen molar-refractivity contribution in [1.29, 1.82) is 0 Å². The molecule has 2 heterocycles. The highest BCUT2D eigenvalue weighted by Gasteiger charge is 2.24. The normalized spacial score (nSPS) is 14.4. The van der Waals surface area contributed by atoms with Crippen molar-refractivity contribution in [2.24, 2.45) is 0 Å². The maximum absolute atomic E-state index is 12.8. The van der Waals surface area contributed by atoms with Crippen molar-refractivity contribution in [1.82, 2.24) is 9.80 Å². The number of methoxy groups -OCH3 is 1. The number of halogens is 2. The Kier molecular flexibility index (Phi) is 7.25. The van der Waals surface area contributed by atoms with E-state index in [-0.39, 0.29) is 12.5 Å². The van der Waals surface area contributed by atoms with E-state index < -0.39 is 0 Å². The van der Waals surface area contributed by atoms with Crippen LogP contribution >= 0.6 is 23.2 Å². The Labute approximate surface area is 197 Å². The van der Waals surface area contributed by atoms with Gasteiger partial charge in [0.05, 0.1) is 12.1 Å². The minimum atomic E-state index is -0.109. The molecule has 1 saturated heterocycles. The Morgan fingerprint density at radius 3 is 2.59 bits per heavy atom. The van der Waals surface area contributed by atoms with E-state index in [1.165, 1.54) is 5.56 Å². The first-order valence-corrected chi connectivity index (χ1v) is 11.1. The lowest BCUT2D eigenvalue weighted by Crippen LogP contribution is -2.48. The summed E-state index contributed by atoms with van der Waals surface area (Å²) in [4.78, 5) is 17.0. The summed E-state index contributed by atoms with van der Waals surface area (Å²) in [5, 5.41) is 0.962. The largest absolute Gasteiger partial charge is 0.497 e. The third-order valence-corrected chi connectivity index (χ3v) is 5.87. The fraction of sp³-hybridized carbons (Fsp3) is 0.292. The number of ether oxygens (including phenoxy) is 2. The first-order chi connectivity index (χ1) is 15.5. The molecule has 0 radical (unpaired) electrons. The van der Waals surface area contributed by atoms with Gasteiger partial charge in [0.2, 0.25) is 0 Å². The van der Waals surface area contributed by atoms with Gasteiger partial charge in [-0.3, -0.25) is 9.69 Å². The van der Waals surface area contributed by atoms with Gasteiger partial charge in [0.15, 0.2) is 5.76 Å². The third-order valence-electron chi connectivity index (χ3n) is 5.34. The molecule has 1 amide bonds. The highest BCUT2D eigenvalue weighted by atomic mass is 35.5. The molecular weight excluding hydrogens is 451 g/mol. The van der Waals surface area contributed by atoms with E-state index >= 15 is 0 Å². The quantitative estimate of drug-likeness (QED) is 0.474. The Morgan fingerprint density at radius 2 is 1.84 bits per heavy atom. The summed E-state index contributed by atoms with van der Waals surface area (Å²) >= 11 is 12.0. The Bertz CT molecular complexity index is 1080. The standard InChI is InChI=1S/C24H24Cl2N2O4/c1-30-19-4-2-3-17(13-19)15-27-9-11-28(12-10-27)24(29)23-8-6-20(32-23)16-31-22-7-5-18(25)14-21(22)26/h2-8,13-14H,9-12,15-16H2,1H3. The van der Waals surface area contributed by atoms with Crippen LogP contribution in [0.4, 0.5) is 0 Å². The number of nitrogens with zero attached hydrogens (tertiary/aromatic N) is 2. The van der Waals surface area contributed by atoms with Crippen LogP contribution in [0.2, 0.25) is 10.0 Å². The van der Waals surface area contributed by atoms with Crippen molar-refractivity contribution in [3.8, 4) is 11.5 Å². The molecule has 0 unspecified atom stereocenters. The fourth-order valence-corrected chi connectivity index (χ4v) is 4.07. The van der Waals surface area contributed by atoms with Gasteiger partial charge in [-0.25, -0.2) is 0 Å². The average molecular weight is 475 g/mol. The fourth-order valence-electron chi connectivity index (χ4n) is 3.61. The van der Waals surface area contributed by atoms with Crippen LogP contribution in [0.3, 0.4) is 0 Å². The number of carbonyl (C=O) groups is 1. The number of hydrogen-bond donors (Lipinski definition) is 0. The Morgan fingerprint density at radius 1 is 1.03 bits per heavy atom.